The smallest absolute Gasteiger partial charge is 0.265 e. The number of fused-ring (bicyclic) bond motifs is 1. The van der Waals surface area contributed by atoms with Gasteiger partial charge in [0.2, 0.25) is 0 Å². The molecule has 0 fully saturated rings. The van der Waals surface area contributed by atoms with E-state index in [1.807, 2.05) is 66.0 Å². The molecule has 4 rings (SSSR count). The number of para-hydroxylation sites is 3. The number of amides is 1. The van der Waals surface area contributed by atoms with Gasteiger partial charge in [-0.2, -0.15) is 0 Å². The van der Waals surface area contributed by atoms with Crippen molar-refractivity contribution in [3.8, 4) is 0 Å². The second-order valence-electron chi connectivity index (χ2n) is 5.79. The predicted molar refractivity (Wildman–Crippen MR) is 102 cm³/mol. The highest BCUT2D eigenvalue weighted by Gasteiger charge is 2.10. The first-order valence-corrected chi connectivity index (χ1v) is 9.04. The van der Waals surface area contributed by atoms with Gasteiger partial charge in [0.15, 0.2) is 0 Å². The van der Waals surface area contributed by atoms with E-state index >= 15 is 0 Å². The summed E-state index contributed by atoms with van der Waals surface area (Å²) in [5.74, 6) is 0.895. The molecule has 0 atom stereocenters. The van der Waals surface area contributed by atoms with Crippen LogP contribution in [0.25, 0.3) is 11.0 Å². The molecule has 0 radical (unpaired) electrons. The Morgan fingerprint density at radius 1 is 1.00 bits per heavy atom. The van der Waals surface area contributed by atoms with E-state index in [4.69, 9.17) is 0 Å². The van der Waals surface area contributed by atoms with Gasteiger partial charge in [-0.25, -0.2) is 4.98 Å². The van der Waals surface area contributed by atoms with E-state index in [1.165, 1.54) is 11.3 Å². The molecule has 2 heterocycles. The molecule has 0 aliphatic carbocycles. The lowest BCUT2D eigenvalue weighted by Gasteiger charge is -2.10. The van der Waals surface area contributed by atoms with E-state index in [0.717, 1.165) is 41.0 Å². The maximum atomic E-state index is 12.3. The number of aromatic nitrogens is 2. The number of aryl methyl sites for hydroxylation is 2. The van der Waals surface area contributed by atoms with Crippen LogP contribution in [0.4, 0.5) is 5.69 Å². The fraction of sp³-hybridized carbons (Fsp3) is 0.100. The van der Waals surface area contributed by atoms with Crippen LogP contribution >= 0.6 is 11.3 Å². The highest BCUT2D eigenvalue weighted by atomic mass is 32.1. The number of carbonyl (C=O) groups excluding carboxylic acids is 1. The van der Waals surface area contributed by atoms with Crippen LogP contribution in [-0.2, 0) is 12.8 Å². The van der Waals surface area contributed by atoms with Gasteiger partial charge in [0, 0.05) is 12.1 Å². The highest BCUT2D eigenvalue weighted by Crippen LogP contribution is 2.20. The van der Waals surface area contributed by atoms with Gasteiger partial charge in [-0.15, -0.1) is 11.3 Å². The van der Waals surface area contributed by atoms with E-state index in [-0.39, 0.29) is 5.91 Å². The maximum absolute atomic E-state index is 12.3. The van der Waals surface area contributed by atoms with Crippen LogP contribution in [0, 0.1) is 0 Å². The summed E-state index contributed by atoms with van der Waals surface area (Å²) < 4.78 is 0. The molecule has 5 heteroatoms. The Bertz CT molecular complexity index is 972. The third kappa shape index (κ3) is 3.46. The van der Waals surface area contributed by atoms with Crippen molar-refractivity contribution >= 4 is 34.0 Å². The minimum atomic E-state index is -0.0637. The summed E-state index contributed by atoms with van der Waals surface area (Å²) in [6.07, 6.45) is 1.60. The first-order chi connectivity index (χ1) is 12.3. The van der Waals surface area contributed by atoms with Crippen molar-refractivity contribution < 1.29 is 4.79 Å². The van der Waals surface area contributed by atoms with Crippen LogP contribution in [0.5, 0.6) is 0 Å². The lowest BCUT2D eigenvalue weighted by atomic mass is 10.1. The second-order valence-corrected chi connectivity index (χ2v) is 6.74. The Labute approximate surface area is 149 Å². The molecule has 0 saturated heterocycles. The number of anilines is 1. The van der Waals surface area contributed by atoms with Crippen LogP contribution in [-0.4, -0.2) is 15.9 Å². The molecule has 4 nitrogen and oxygen atoms in total. The summed E-state index contributed by atoms with van der Waals surface area (Å²) in [5, 5.41) is 4.92. The zero-order valence-electron chi connectivity index (χ0n) is 13.5. The van der Waals surface area contributed by atoms with Crippen LogP contribution in [0.15, 0.2) is 66.0 Å². The van der Waals surface area contributed by atoms with Crippen LogP contribution in [0.2, 0.25) is 0 Å². The van der Waals surface area contributed by atoms with E-state index in [9.17, 15) is 4.79 Å². The number of thiophene rings is 1. The molecule has 0 unspecified atom stereocenters. The summed E-state index contributed by atoms with van der Waals surface area (Å²) in [6.45, 7) is 0. The largest absolute Gasteiger partial charge is 0.342 e. The van der Waals surface area contributed by atoms with Gasteiger partial charge in [-0.3, -0.25) is 4.79 Å². The molecule has 124 valence electrons. The quantitative estimate of drug-likeness (QED) is 0.551. The SMILES string of the molecule is O=C(Nc1ccccc1CCc1nc2ccccc2[nH]1)c1cccs1. The van der Waals surface area contributed by atoms with E-state index in [2.05, 4.69) is 15.3 Å². The minimum absolute atomic E-state index is 0.0637. The molecule has 0 aliphatic heterocycles. The predicted octanol–water partition coefficient (Wildman–Crippen LogP) is 4.66. The third-order valence-electron chi connectivity index (χ3n) is 4.08. The molecule has 0 spiro atoms. The summed E-state index contributed by atoms with van der Waals surface area (Å²) in [6, 6.07) is 19.7. The highest BCUT2D eigenvalue weighted by molar-refractivity contribution is 7.12. The first kappa shape index (κ1) is 15.6. The van der Waals surface area contributed by atoms with Crippen LogP contribution in [0.3, 0.4) is 0 Å². The van der Waals surface area contributed by atoms with E-state index in [0.29, 0.717) is 4.88 Å². The molecule has 0 saturated carbocycles. The van der Waals surface area contributed by atoms with Gasteiger partial charge in [-0.05, 0) is 41.6 Å². The Hall–Kier alpha value is -2.92. The van der Waals surface area contributed by atoms with Crippen molar-refractivity contribution in [2.75, 3.05) is 5.32 Å². The molecule has 2 N–H and O–H groups in total. The number of benzene rings is 2. The fourth-order valence-corrected chi connectivity index (χ4v) is 3.45. The average Bonchev–Trinajstić information content (AvgIpc) is 3.30. The number of hydrogen-bond donors (Lipinski definition) is 2. The van der Waals surface area contributed by atoms with Crippen LogP contribution < -0.4 is 5.32 Å². The van der Waals surface area contributed by atoms with Crippen molar-refractivity contribution in [2.24, 2.45) is 0 Å². The Kier molecular flexibility index (Phi) is 4.31. The normalized spacial score (nSPS) is 10.9. The molecular formula is C20H17N3OS. The lowest BCUT2D eigenvalue weighted by Crippen LogP contribution is -2.12. The van der Waals surface area contributed by atoms with Gasteiger partial charge >= 0.3 is 0 Å². The fourth-order valence-electron chi connectivity index (χ4n) is 2.83. The second kappa shape index (κ2) is 6.91. The standard InChI is InChI=1S/C20H17N3OS/c24-20(18-10-5-13-25-18)23-15-7-2-1-6-14(15)11-12-19-21-16-8-3-4-9-17(16)22-19/h1-10,13H,11-12H2,(H,21,22)(H,23,24). The number of nitrogens with zero attached hydrogens (tertiary/aromatic N) is 1. The molecule has 2 aromatic carbocycles. The number of rotatable bonds is 5. The lowest BCUT2D eigenvalue weighted by molar-refractivity contribution is 0.103. The van der Waals surface area contributed by atoms with Crippen LogP contribution in [0.1, 0.15) is 21.1 Å². The Morgan fingerprint density at radius 3 is 2.68 bits per heavy atom. The molecule has 2 aromatic heterocycles. The van der Waals surface area contributed by atoms with Crippen molar-refractivity contribution in [3.05, 3.63) is 82.3 Å². The summed E-state index contributed by atoms with van der Waals surface area (Å²) >= 11 is 1.44. The zero-order chi connectivity index (χ0) is 17.1. The number of imidazole rings is 1. The molecule has 0 aliphatic rings. The molecule has 1 amide bonds. The topological polar surface area (TPSA) is 57.8 Å². The van der Waals surface area contributed by atoms with E-state index < -0.39 is 0 Å². The maximum Gasteiger partial charge on any atom is 0.265 e. The molecule has 4 aromatic rings. The zero-order valence-corrected chi connectivity index (χ0v) is 14.3. The Balaban J connectivity index is 1.49. The summed E-state index contributed by atoms with van der Waals surface area (Å²) in [5.41, 5.74) is 4.00. The van der Waals surface area contributed by atoms with Crippen molar-refractivity contribution in [1.82, 2.24) is 9.97 Å². The van der Waals surface area contributed by atoms with Crippen molar-refractivity contribution in [3.63, 3.8) is 0 Å². The molecule has 0 bridgehead atoms. The molecule has 25 heavy (non-hydrogen) atoms. The van der Waals surface area contributed by atoms with Gasteiger partial charge in [0.05, 0.1) is 15.9 Å². The first-order valence-electron chi connectivity index (χ1n) is 8.16. The van der Waals surface area contributed by atoms with E-state index in [1.54, 1.807) is 0 Å². The number of hydrogen-bond acceptors (Lipinski definition) is 3. The third-order valence-corrected chi connectivity index (χ3v) is 4.95. The van der Waals surface area contributed by atoms with Gasteiger partial charge < -0.3 is 10.3 Å². The number of H-pyrrole nitrogens is 1. The number of carbonyl (C=O) groups is 1. The minimum Gasteiger partial charge on any atom is -0.342 e. The Morgan fingerprint density at radius 2 is 1.84 bits per heavy atom. The average molecular weight is 347 g/mol. The molecular weight excluding hydrogens is 330 g/mol. The van der Waals surface area contributed by atoms with Crippen molar-refractivity contribution in [1.29, 1.82) is 0 Å². The number of aromatic amines is 1. The summed E-state index contributed by atoms with van der Waals surface area (Å²) in [7, 11) is 0. The summed E-state index contributed by atoms with van der Waals surface area (Å²) in [4.78, 5) is 21.0. The monoisotopic (exact) mass is 347 g/mol. The van der Waals surface area contributed by atoms with Crippen molar-refractivity contribution in [2.45, 2.75) is 12.8 Å². The van der Waals surface area contributed by atoms with Gasteiger partial charge in [-0.1, -0.05) is 36.4 Å². The number of nitrogens with one attached hydrogen (secondary N) is 2. The van der Waals surface area contributed by atoms with Gasteiger partial charge in [0.25, 0.3) is 5.91 Å². The van der Waals surface area contributed by atoms with Gasteiger partial charge in [0.1, 0.15) is 5.82 Å².